The molecule has 2 heteroatoms. The molecule has 2 nitrogen and oxygen atoms in total. The first-order chi connectivity index (χ1) is 6.33. The summed E-state index contributed by atoms with van der Waals surface area (Å²) >= 11 is 0. The van der Waals surface area contributed by atoms with Crippen molar-refractivity contribution in [3.63, 3.8) is 0 Å². The summed E-state index contributed by atoms with van der Waals surface area (Å²) < 4.78 is 5.10. The van der Waals surface area contributed by atoms with E-state index >= 15 is 0 Å². The normalized spacial score (nSPS) is 22.5. The molecular formula is C11H18O2. The summed E-state index contributed by atoms with van der Waals surface area (Å²) in [5.41, 5.74) is 0. The Kier molecular flexibility index (Phi) is 4.58. The lowest BCUT2D eigenvalue weighted by molar-refractivity contribution is -0.141. The number of cyclic esters (lactones) is 1. The Bertz CT molecular complexity index is 185. The maximum atomic E-state index is 10.8. The molecule has 1 atom stereocenters. The Labute approximate surface area is 80.0 Å². The molecule has 0 bridgehead atoms. The maximum absolute atomic E-state index is 10.8. The Morgan fingerprint density at radius 2 is 2.38 bits per heavy atom. The number of rotatable bonds is 5. The summed E-state index contributed by atoms with van der Waals surface area (Å²) in [7, 11) is 0. The van der Waals surface area contributed by atoms with Crippen LogP contribution in [-0.2, 0) is 9.53 Å². The van der Waals surface area contributed by atoms with Gasteiger partial charge in [-0.25, -0.2) is 0 Å². The van der Waals surface area contributed by atoms with Crippen molar-refractivity contribution in [1.82, 2.24) is 0 Å². The molecule has 1 heterocycles. The van der Waals surface area contributed by atoms with Gasteiger partial charge >= 0.3 is 5.97 Å². The molecule has 1 saturated heterocycles. The number of ether oxygens (including phenoxy) is 1. The molecule has 74 valence electrons. The molecule has 1 fully saturated rings. The molecule has 0 aliphatic carbocycles. The van der Waals surface area contributed by atoms with Crippen molar-refractivity contribution < 1.29 is 9.53 Å². The average Bonchev–Trinajstić information content (AvgIpc) is 2.51. The van der Waals surface area contributed by atoms with Gasteiger partial charge in [-0.05, 0) is 32.1 Å². The Hall–Kier alpha value is -0.790. The molecule has 0 saturated carbocycles. The molecule has 0 amide bonds. The van der Waals surface area contributed by atoms with Crippen LogP contribution in [0, 0.1) is 0 Å². The van der Waals surface area contributed by atoms with E-state index in [-0.39, 0.29) is 12.1 Å². The number of hydrogen-bond acceptors (Lipinski definition) is 2. The fraction of sp³-hybridized carbons (Fsp3) is 0.727. The second kappa shape index (κ2) is 5.79. The predicted octanol–water partition coefficient (Wildman–Crippen LogP) is 2.83. The van der Waals surface area contributed by atoms with Crippen molar-refractivity contribution >= 4 is 5.97 Å². The minimum absolute atomic E-state index is 0.0194. The van der Waals surface area contributed by atoms with Gasteiger partial charge in [-0.2, -0.15) is 0 Å². The van der Waals surface area contributed by atoms with Crippen molar-refractivity contribution in [2.24, 2.45) is 0 Å². The molecule has 0 aromatic heterocycles. The van der Waals surface area contributed by atoms with Crippen molar-refractivity contribution in [2.75, 3.05) is 0 Å². The molecule has 1 aliphatic heterocycles. The molecule has 0 radical (unpaired) electrons. The summed E-state index contributed by atoms with van der Waals surface area (Å²) in [6.07, 6.45) is 10.5. The lowest BCUT2D eigenvalue weighted by Crippen LogP contribution is -2.05. The van der Waals surface area contributed by atoms with Crippen molar-refractivity contribution in [2.45, 2.75) is 51.6 Å². The zero-order valence-corrected chi connectivity index (χ0v) is 8.29. The summed E-state index contributed by atoms with van der Waals surface area (Å²) in [5.74, 6) is -0.0194. The van der Waals surface area contributed by atoms with Crippen LogP contribution in [0.1, 0.15) is 45.4 Å². The molecule has 0 N–H and O–H groups in total. The third kappa shape index (κ3) is 4.11. The average molecular weight is 182 g/mol. The Balaban J connectivity index is 2.00. The number of hydrogen-bond donors (Lipinski definition) is 0. The van der Waals surface area contributed by atoms with Crippen molar-refractivity contribution in [1.29, 1.82) is 0 Å². The van der Waals surface area contributed by atoms with Crippen LogP contribution >= 0.6 is 0 Å². The SMILES string of the molecule is CC/C=C\CCCC1CCC(=O)O1. The van der Waals surface area contributed by atoms with Crippen LogP contribution in [-0.4, -0.2) is 12.1 Å². The fourth-order valence-corrected chi connectivity index (χ4v) is 1.53. The van der Waals surface area contributed by atoms with E-state index in [4.69, 9.17) is 4.74 Å². The smallest absolute Gasteiger partial charge is 0.306 e. The van der Waals surface area contributed by atoms with Gasteiger partial charge in [0.15, 0.2) is 0 Å². The first kappa shape index (κ1) is 10.3. The van der Waals surface area contributed by atoms with Crippen LogP contribution < -0.4 is 0 Å². The Morgan fingerprint density at radius 1 is 1.54 bits per heavy atom. The summed E-state index contributed by atoms with van der Waals surface area (Å²) in [6, 6.07) is 0. The standard InChI is InChI=1S/C11H18O2/c1-2-3-4-5-6-7-10-8-9-11(12)13-10/h3-4,10H,2,5-9H2,1H3/b4-3-. The van der Waals surface area contributed by atoms with Gasteiger partial charge in [-0.15, -0.1) is 0 Å². The number of unbranched alkanes of at least 4 members (excludes halogenated alkanes) is 1. The summed E-state index contributed by atoms with van der Waals surface area (Å²) in [5, 5.41) is 0. The monoisotopic (exact) mass is 182 g/mol. The highest BCUT2D eigenvalue weighted by molar-refractivity contribution is 5.71. The van der Waals surface area contributed by atoms with Crippen molar-refractivity contribution in [3.05, 3.63) is 12.2 Å². The predicted molar refractivity (Wildman–Crippen MR) is 52.4 cm³/mol. The molecular weight excluding hydrogens is 164 g/mol. The first-order valence-corrected chi connectivity index (χ1v) is 5.17. The van der Waals surface area contributed by atoms with Crippen LogP contribution in [0.4, 0.5) is 0 Å². The second-order valence-electron chi connectivity index (χ2n) is 3.46. The van der Waals surface area contributed by atoms with Crippen LogP contribution in [0.3, 0.4) is 0 Å². The summed E-state index contributed by atoms with van der Waals surface area (Å²) in [4.78, 5) is 10.8. The fourth-order valence-electron chi connectivity index (χ4n) is 1.53. The molecule has 0 spiro atoms. The highest BCUT2D eigenvalue weighted by Gasteiger charge is 2.21. The largest absolute Gasteiger partial charge is 0.462 e. The minimum atomic E-state index is -0.0194. The quantitative estimate of drug-likeness (QED) is 0.371. The zero-order valence-electron chi connectivity index (χ0n) is 8.29. The topological polar surface area (TPSA) is 26.3 Å². The van der Waals surface area contributed by atoms with E-state index in [9.17, 15) is 4.79 Å². The Morgan fingerprint density at radius 3 is 3.00 bits per heavy atom. The van der Waals surface area contributed by atoms with Gasteiger partial charge in [-0.1, -0.05) is 19.1 Å². The van der Waals surface area contributed by atoms with E-state index in [1.54, 1.807) is 0 Å². The van der Waals surface area contributed by atoms with E-state index < -0.39 is 0 Å². The number of esters is 1. The second-order valence-corrected chi connectivity index (χ2v) is 3.46. The van der Waals surface area contributed by atoms with Gasteiger partial charge in [-0.3, -0.25) is 4.79 Å². The van der Waals surface area contributed by atoms with Crippen LogP contribution in [0.5, 0.6) is 0 Å². The van der Waals surface area contributed by atoms with E-state index in [2.05, 4.69) is 19.1 Å². The van der Waals surface area contributed by atoms with Crippen LogP contribution in [0.15, 0.2) is 12.2 Å². The first-order valence-electron chi connectivity index (χ1n) is 5.17. The van der Waals surface area contributed by atoms with E-state index in [1.807, 2.05) is 0 Å². The highest BCUT2D eigenvalue weighted by atomic mass is 16.5. The zero-order chi connectivity index (χ0) is 9.52. The molecule has 1 rings (SSSR count). The minimum Gasteiger partial charge on any atom is -0.462 e. The number of carbonyl (C=O) groups excluding carboxylic acids is 1. The van der Waals surface area contributed by atoms with E-state index in [1.165, 1.54) is 0 Å². The number of carbonyl (C=O) groups is 1. The highest BCUT2D eigenvalue weighted by Crippen LogP contribution is 2.18. The molecule has 1 unspecified atom stereocenters. The molecule has 0 aromatic carbocycles. The van der Waals surface area contributed by atoms with Crippen LogP contribution in [0.2, 0.25) is 0 Å². The van der Waals surface area contributed by atoms with Gasteiger partial charge in [0.1, 0.15) is 6.10 Å². The molecule has 13 heavy (non-hydrogen) atoms. The third-order valence-corrected chi connectivity index (χ3v) is 2.27. The van der Waals surface area contributed by atoms with Crippen LogP contribution in [0.25, 0.3) is 0 Å². The van der Waals surface area contributed by atoms with Gasteiger partial charge in [0.2, 0.25) is 0 Å². The molecule has 0 aromatic rings. The van der Waals surface area contributed by atoms with Gasteiger partial charge in [0.05, 0.1) is 0 Å². The van der Waals surface area contributed by atoms with Gasteiger partial charge in [0, 0.05) is 6.42 Å². The lowest BCUT2D eigenvalue weighted by Gasteiger charge is -2.06. The molecule has 1 aliphatic rings. The van der Waals surface area contributed by atoms with E-state index in [0.29, 0.717) is 6.42 Å². The van der Waals surface area contributed by atoms with Gasteiger partial charge in [0.25, 0.3) is 0 Å². The lowest BCUT2D eigenvalue weighted by atomic mass is 10.1. The third-order valence-electron chi connectivity index (χ3n) is 2.27. The maximum Gasteiger partial charge on any atom is 0.306 e. The van der Waals surface area contributed by atoms with E-state index in [0.717, 1.165) is 32.1 Å². The number of allylic oxidation sites excluding steroid dienone is 2. The van der Waals surface area contributed by atoms with Crippen molar-refractivity contribution in [3.8, 4) is 0 Å². The summed E-state index contributed by atoms with van der Waals surface area (Å²) in [6.45, 7) is 2.13. The van der Waals surface area contributed by atoms with Gasteiger partial charge < -0.3 is 4.74 Å².